The Morgan fingerprint density at radius 2 is 1.65 bits per heavy atom. The first-order valence-electron chi connectivity index (χ1n) is 7.30. The number of amides is 3. The van der Waals surface area contributed by atoms with Gasteiger partial charge in [0, 0.05) is 5.69 Å². The Morgan fingerprint density at radius 1 is 1.00 bits per heavy atom. The molecular weight excluding hydrogens is 356 g/mol. The fourth-order valence-electron chi connectivity index (χ4n) is 2.52. The number of benzene rings is 2. The van der Waals surface area contributed by atoms with Crippen LogP contribution in [0.25, 0.3) is 0 Å². The number of nitrogens with one attached hydrogen (secondary N) is 1. The van der Waals surface area contributed by atoms with Crippen molar-refractivity contribution in [3.05, 3.63) is 65.0 Å². The quantitative estimate of drug-likeness (QED) is 0.671. The van der Waals surface area contributed by atoms with Crippen LogP contribution < -0.4 is 5.32 Å². The predicted molar refractivity (Wildman–Crippen MR) is 81.8 cm³/mol. The molecule has 26 heavy (non-hydrogen) atoms. The largest absolute Gasteiger partial charge is 0.416 e. The Balaban J connectivity index is 1.71. The highest BCUT2D eigenvalue weighted by Crippen LogP contribution is 2.30. The van der Waals surface area contributed by atoms with Crippen molar-refractivity contribution in [1.82, 2.24) is 4.90 Å². The first-order valence-corrected chi connectivity index (χ1v) is 7.30. The zero-order valence-corrected chi connectivity index (χ0v) is 12.9. The molecule has 0 saturated carbocycles. The van der Waals surface area contributed by atoms with E-state index in [1.165, 1.54) is 12.1 Å². The van der Waals surface area contributed by atoms with Crippen LogP contribution in [0.1, 0.15) is 26.3 Å². The highest BCUT2D eigenvalue weighted by molar-refractivity contribution is 6.22. The lowest BCUT2D eigenvalue weighted by Gasteiger charge is -2.14. The molecule has 0 radical (unpaired) electrons. The van der Waals surface area contributed by atoms with Gasteiger partial charge in [-0.2, -0.15) is 13.2 Å². The normalized spacial score (nSPS) is 13.8. The van der Waals surface area contributed by atoms with E-state index in [1.54, 1.807) is 0 Å². The highest BCUT2D eigenvalue weighted by atomic mass is 19.4. The molecule has 5 nitrogen and oxygen atoms in total. The Bertz CT molecular complexity index is 907. The van der Waals surface area contributed by atoms with Gasteiger partial charge in [-0.15, -0.1) is 0 Å². The molecule has 0 bridgehead atoms. The smallest absolute Gasteiger partial charge is 0.325 e. The van der Waals surface area contributed by atoms with Gasteiger partial charge >= 0.3 is 6.18 Å². The van der Waals surface area contributed by atoms with Crippen molar-refractivity contribution in [1.29, 1.82) is 0 Å². The molecule has 3 amide bonds. The van der Waals surface area contributed by atoms with Crippen molar-refractivity contribution in [2.24, 2.45) is 0 Å². The maximum absolute atomic E-state index is 13.7. The summed E-state index contributed by atoms with van der Waals surface area (Å²) in [6.07, 6.45) is -4.51. The fraction of sp³-hybridized carbons (Fsp3) is 0.118. The summed E-state index contributed by atoms with van der Waals surface area (Å²) >= 11 is 0. The molecule has 2 aromatic carbocycles. The average Bonchev–Trinajstić information content (AvgIpc) is 2.80. The standard InChI is InChI=1S/C17H10F4N2O3/c18-12-3-1-2-11-14(12)16(26)23(15(11)25)8-13(24)22-10-6-4-9(5-7-10)17(19,20)21/h1-7H,8H2,(H,22,24). The third-order valence-corrected chi connectivity index (χ3v) is 3.75. The molecule has 0 saturated heterocycles. The number of nitrogens with zero attached hydrogens (tertiary/aromatic N) is 1. The van der Waals surface area contributed by atoms with Crippen molar-refractivity contribution in [2.75, 3.05) is 11.9 Å². The highest BCUT2D eigenvalue weighted by Gasteiger charge is 2.38. The van der Waals surface area contributed by atoms with Gasteiger partial charge in [-0.25, -0.2) is 4.39 Å². The number of fused-ring (bicyclic) bond motifs is 1. The number of halogens is 4. The second-order valence-electron chi connectivity index (χ2n) is 5.48. The summed E-state index contributed by atoms with van der Waals surface area (Å²) in [5, 5.41) is 2.28. The Labute approximate surface area is 144 Å². The molecule has 1 heterocycles. The van der Waals surface area contributed by atoms with Gasteiger partial charge in [0.1, 0.15) is 12.4 Å². The average molecular weight is 366 g/mol. The number of anilines is 1. The van der Waals surface area contributed by atoms with Gasteiger partial charge in [0.25, 0.3) is 11.8 Å². The lowest BCUT2D eigenvalue weighted by molar-refractivity contribution is -0.137. The number of rotatable bonds is 3. The van der Waals surface area contributed by atoms with Crippen molar-refractivity contribution >= 4 is 23.4 Å². The fourth-order valence-corrected chi connectivity index (χ4v) is 2.52. The van der Waals surface area contributed by atoms with E-state index >= 15 is 0 Å². The molecule has 0 unspecified atom stereocenters. The van der Waals surface area contributed by atoms with Crippen molar-refractivity contribution in [2.45, 2.75) is 6.18 Å². The van der Waals surface area contributed by atoms with Crippen LogP contribution in [0, 0.1) is 5.82 Å². The van der Waals surface area contributed by atoms with Gasteiger partial charge in [-0.1, -0.05) is 6.07 Å². The minimum Gasteiger partial charge on any atom is -0.325 e. The molecule has 0 atom stereocenters. The number of hydrogen-bond donors (Lipinski definition) is 1. The summed E-state index contributed by atoms with van der Waals surface area (Å²) < 4.78 is 51.2. The van der Waals surface area contributed by atoms with E-state index in [0.717, 1.165) is 30.3 Å². The first-order chi connectivity index (χ1) is 12.2. The topological polar surface area (TPSA) is 66.5 Å². The van der Waals surface area contributed by atoms with Crippen LogP contribution in [0.3, 0.4) is 0 Å². The molecule has 1 N–H and O–H groups in total. The third kappa shape index (κ3) is 3.15. The van der Waals surface area contributed by atoms with Crippen LogP contribution >= 0.6 is 0 Å². The van der Waals surface area contributed by atoms with Gasteiger partial charge in [-0.3, -0.25) is 19.3 Å². The Kier molecular flexibility index (Phi) is 4.23. The van der Waals surface area contributed by atoms with Gasteiger partial charge in [-0.05, 0) is 36.4 Å². The monoisotopic (exact) mass is 366 g/mol. The van der Waals surface area contributed by atoms with Crippen LogP contribution in [-0.2, 0) is 11.0 Å². The molecule has 3 rings (SSSR count). The summed E-state index contributed by atoms with van der Waals surface area (Å²) in [6.45, 7) is -0.688. The zero-order chi connectivity index (χ0) is 19.1. The van der Waals surface area contributed by atoms with Gasteiger partial charge in [0.15, 0.2) is 0 Å². The molecule has 2 aromatic rings. The molecule has 1 aliphatic rings. The van der Waals surface area contributed by atoms with E-state index in [4.69, 9.17) is 0 Å². The number of carbonyl (C=O) groups excluding carboxylic acids is 3. The summed E-state index contributed by atoms with van der Waals surface area (Å²) in [4.78, 5) is 36.8. The molecule has 1 aliphatic heterocycles. The predicted octanol–water partition coefficient (Wildman–Crippen LogP) is 3.08. The van der Waals surface area contributed by atoms with Crippen LogP contribution in [0.4, 0.5) is 23.2 Å². The van der Waals surface area contributed by atoms with E-state index in [1.807, 2.05) is 0 Å². The van der Waals surface area contributed by atoms with E-state index in [2.05, 4.69) is 5.32 Å². The second-order valence-corrected chi connectivity index (χ2v) is 5.48. The summed E-state index contributed by atoms with van der Waals surface area (Å²) in [6, 6.07) is 7.22. The van der Waals surface area contributed by atoms with Gasteiger partial charge in [0.2, 0.25) is 5.91 Å². The molecular formula is C17H10F4N2O3. The summed E-state index contributed by atoms with van der Waals surface area (Å²) in [7, 11) is 0. The number of carbonyl (C=O) groups is 3. The molecule has 9 heteroatoms. The lowest BCUT2D eigenvalue weighted by atomic mass is 10.1. The van der Waals surface area contributed by atoms with Crippen LogP contribution in [0.15, 0.2) is 42.5 Å². The molecule has 0 aromatic heterocycles. The van der Waals surface area contributed by atoms with Gasteiger partial charge < -0.3 is 5.32 Å². The maximum atomic E-state index is 13.7. The summed E-state index contributed by atoms with van der Waals surface area (Å²) in [5.41, 5.74) is -1.37. The van der Waals surface area contributed by atoms with E-state index < -0.39 is 47.4 Å². The van der Waals surface area contributed by atoms with Crippen molar-refractivity contribution in [3.8, 4) is 0 Å². The lowest BCUT2D eigenvalue weighted by Crippen LogP contribution is -2.37. The van der Waals surface area contributed by atoms with Crippen molar-refractivity contribution < 1.29 is 31.9 Å². The first kappa shape index (κ1) is 17.6. The molecule has 0 spiro atoms. The van der Waals surface area contributed by atoms with E-state index in [-0.39, 0.29) is 11.3 Å². The minimum atomic E-state index is -4.51. The van der Waals surface area contributed by atoms with Crippen LogP contribution in [0.5, 0.6) is 0 Å². The molecule has 134 valence electrons. The molecule has 0 aliphatic carbocycles. The van der Waals surface area contributed by atoms with Gasteiger partial charge in [0.05, 0.1) is 16.7 Å². The second kappa shape index (κ2) is 6.25. The number of hydrogen-bond acceptors (Lipinski definition) is 3. The van der Waals surface area contributed by atoms with Crippen LogP contribution in [0.2, 0.25) is 0 Å². The SMILES string of the molecule is O=C(CN1C(=O)c2cccc(F)c2C1=O)Nc1ccc(C(F)(F)F)cc1. The summed E-state index contributed by atoms with van der Waals surface area (Å²) in [5.74, 6) is -3.43. The maximum Gasteiger partial charge on any atom is 0.416 e. The zero-order valence-electron chi connectivity index (χ0n) is 12.9. The van der Waals surface area contributed by atoms with E-state index in [0.29, 0.717) is 4.90 Å². The van der Waals surface area contributed by atoms with Crippen molar-refractivity contribution in [3.63, 3.8) is 0 Å². The van der Waals surface area contributed by atoms with E-state index in [9.17, 15) is 31.9 Å². The number of alkyl halides is 3. The van der Waals surface area contributed by atoms with Crippen LogP contribution in [-0.4, -0.2) is 29.2 Å². The number of imide groups is 1. The third-order valence-electron chi connectivity index (χ3n) is 3.75. The Morgan fingerprint density at radius 3 is 2.23 bits per heavy atom. The Hall–Kier alpha value is -3.23. The minimum absolute atomic E-state index is 0.0609. The molecule has 0 fully saturated rings.